The molecule has 0 bridgehead atoms. The Morgan fingerprint density at radius 1 is 0.973 bits per heavy atom. The molecule has 0 aliphatic carbocycles. The molecule has 4 amide bonds. The van der Waals surface area contributed by atoms with Crippen LogP contribution in [0.1, 0.15) is 18.1 Å². The maximum atomic E-state index is 13.2. The molecule has 1 N–H and O–H groups in total. The van der Waals surface area contributed by atoms with Gasteiger partial charge in [-0.25, -0.2) is 9.69 Å². The lowest BCUT2D eigenvalue weighted by Gasteiger charge is -2.26. The van der Waals surface area contributed by atoms with Crippen molar-refractivity contribution in [1.29, 1.82) is 0 Å². The minimum absolute atomic E-state index is 0.0333. The third kappa shape index (κ3) is 5.50. The summed E-state index contributed by atoms with van der Waals surface area (Å²) >= 11 is 6.15. The maximum absolute atomic E-state index is 13.2. The molecule has 4 rings (SSSR count). The number of nitrogens with one attached hydrogen (secondary N) is 1. The quantitative estimate of drug-likeness (QED) is 0.266. The minimum Gasteiger partial charge on any atom is -0.490 e. The number of ether oxygens (including phenoxy) is 1. The second-order valence-electron chi connectivity index (χ2n) is 7.88. The molecular formula is C26H21ClN2O7S. The Balaban J connectivity index is 1.68. The van der Waals surface area contributed by atoms with Gasteiger partial charge in [0.25, 0.3) is 11.8 Å². The zero-order valence-electron chi connectivity index (χ0n) is 19.7. The summed E-state index contributed by atoms with van der Waals surface area (Å²) < 4.78 is 36.2. The Bertz CT molecular complexity index is 1540. The van der Waals surface area contributed by atoms with Crippen LogP contribution in [0.3, 0.4) is 0 Å². The standard InChI is InChI=1S/C26H21ClN2O7S/c1-3-35-23-14-17(10-12-22(23)36-37(33,34)19-7-5-4-6-8-19)13-20-24(30)28-26(32)29(25(20)31)18-11-9-16(2)21(27)15-18/h4-15H,3H2,1-2H3,(H,28,30,32)/b20-13+. The largest absolute Gasteiger partial charge is 0.490 e. The van der Waals surface area contributed by atoms with Gasteiger partial charge in [-0.15, -0.1) is 0 Å². The van der Waals surface area contributed by atoms with E-state index in [0.717, 1.165) is 10.5 Å². The third-order valence-electron chi connectivity index (χ3n) is 5.33. The monoisotopic (exact) mass is 540 g/mol. The molecule has 1 aliphatic heterocycles. The first-order valence-corrected chi connectivity index (χ1v) is 12.8. The van der Waals surface area contributed by atoms with Gasteiger partial charge in [-0.1, -0.05) is 41.9 Å². The molecule has 11 heteroatoms. The van der Waals surface area contributed by atoms with Crippen LogP contribution in [0.2, 0.25) is 5.02 Å². The number of urea groups is 1. The van der Waals surface area contributed by atoms with E-state index in [0.29, 0.717) is 10.6 Å². The molecule has 1 aliphatic rings. The smallest absolute Gasteiger partial charge is 0.339 e. The van der Waals surface area contributed by atoms with Crippen LogP contribution in [-0.2, 0) is 19.7 Å². The van der Waals surface area contributed by atoms with E-state index in [2.05, 4.69) is 5.32 Å². The fourth-order valence-electron chi connectivity index (χ4n) is 3.48. The number of benzene rings is 3. The average molecular weight is 541 g/mol. The fourth-order valence-corrected chi connectivity index (χ4v) is 4.62. The number of nitrogens with zero attached hydrogens (tertiary/aromatic N) is 1. The number of amides is 4. The third-order valence-corrected chi connectivity index (χ3v) is 6.98. The van der Waals surface area contributed by atoms with E-state index in [1.165, 1.54) is 42.5 Å². The lowest BCUT2D eigenvalue weighted by Crippen LogP contribution is -2.54. The number of rotatable bonds is 7. The summed E-state index contributed by atoms with van der Waals surface area (Å²) in [6, 6.07) is 15.6. The molecular weight excluding hydrogens is 520 g/mol. The topological polar surface area (TPSA) is 119 Å². The normalized spacial score (nSPS) is 15.1. The first-order valence-electron chi connectivity index (χ1n) is 11.0. The van der Waals surface area contributed by atoms with Gasteiger partial charge in [0, 0.05) is 5.02 Å². The predicted molar refractivity (Wildman–Crippen MR) is 137 cm³/mol. The van der Waals surface area contributed by atoms with Crippen LogP contribution in [0.4, 0.5) is 10.5 Å². The molecule has 0 atom stereocenters. The van der Waals surface area contributed by atoms with Crippen molar-refractivity contribution in [3.63, 3.8) is 0 Å². The van der Waals surface area contributed by atoms with E-state index in [1.807, 2.05) is 0 Å². The van der Waals surface area contributed by atoms with E-state index >= 15 is 0 Å². The molecule has 1 heterocycles. The summed E-state index contributed by atoms with van der Waals surface area (Å²) in [6.45, 7) is 3.67. The van der Waals surface area contributed by atoms with Gasteiger partial charge in [-0.2, -0.15) is 8.42 Å². The summed E-state index contributed by atoms with van der Waals surface area (Å²) in [5.74, 6) is -1.72. The number of hydrogen-bond donors (Lipinski definition) is 1. The Morgan fingerprint density at radius 2 is 1.70 bits per heavy atom. The number of barbiturate groups is 1. The van der Waals surface area contributed by atoms with E-state index in [-0.39, 0.29) is 34.3 Å². The molecule has 0 aromatic heterocycles. The average Bonchev–Trinajstić information content (AvgIpc) is 2.86. The summed E-state index contributed by atoms with van der Waals surface area (Å²) in [6.07, 6.45) is 1.27. The van der Waals surface area contributed by atoms with Crippen molar-refractivity contribution in [3.05, 3.63) is 88.5 Å². The van der Waals surface area contributed by atoms with Crippen LogP contribution in [0.25, 0.3) is 6.08 Å². The zero-order chi connectivity index (χ0) is 26.7. The second-order valence-corrected chi connectivity index (χ2v) is 9.83. The highest BCUT2D eigenvalue weighted by atomic mass is 35.5. The number of carbonyl (C=O) groups is 3. The van der Waals surface area contributed by atoms with E-state index in [4.69, 9.17) is 20.5 Å². The van der Waals surface area contributed by atoms with E-state index in [9.17, 15) is 22.8 Å². The molecule has 9 nitrogen and oxygen atoms in total. The summed E-state index contributed by atoms with van der Waals surface area (Å²) in [5, 5.41) is 2.49. The van der Waals surface area contributed by atoms with Crippen molar-refractivity contribution >= 4 is 51.3 Å². The molecule has 37 heavy (non-hydrogen) atoms. The maximum Gasteiger partial charge on any atom is 0.339 e. The van der Waals surface area contributed by atoms with Crippen molar-refractivity contribution in [1.82, 2.24) is 5.32 Å². The lowest BCUT2D eigenvalue weighted by atomic mass is 10.1. The highest BCUT2D eigenvalue weighted by Gasteiger charge is 2.37. The van der Waals surface area contributed by atoms with Gasteiger partial charge in [0.2, 0.25) is 0 Å². The summed E-state index contributed by atoms with van der Waals surface area (Å²) in [5.41, 5.74) is 0.968. The molecule has 1 fully saturated rings. The highest BCUT2D eigenvalue weighted by molar-refractivity contribution is 7.87. The van der Waals surface area contributed by atoms with Gasteiger partial charge in [-0.3, -0.25) is 14.9 Å². The van der Waals surface area contributed by atoms with Gasteiger partial charge in [-0.05, 0) is 67.4 Å². The first kappa shape index (κ1) is 25.9. The van der Waals surface area contributed by atoms with Crippen molar-refractivity contribution < 1.29 is 31.7 Å². The SMILES string of the molecule is CCOc1cc(/C=C2\C(=O)NC(=O)N(c3ccc(C)c(Cl)c3)C2=O)ccc1OS(=O)(=O)c1ccccc1. The van der Waals surface area contributed by atoms with Crippen molar-refractivity contribution in [2.24, 2.45) is 0 Å². The molecule has 0 radical (unpaired) electrons. The number of imide groups is 2. The number of halogens is 1. The molecule has 0 spiro atoms. The van der Waals surface area contributed by atoms with Gasteiger partial charge in [0.1, 0.15) is 10.5 Å². The minimum atomic E-state index is -4.13. The molecule has 3 aromatic carbocycles. The first-order chi connectivity index (χ1) is 17.6. The van der Waals surface area contributed by atoms with E-state index < -0.39 is 28.0 Å². The van der Waals surface area contributed by atoms with Gasteiger partial charge in [0.05, 0.1) is 12.3 Å². The Kier molecular flexibility index (Phi) is 7.33. The van der Waals surface area contributed by atoms with Gasteiger partial charge in [0.15, 0.2) is 11.5 Å². The van der Waals surface area contributed by atoms with Crippen LogP contribution in [0.5, 0.6) is 11.5 Å². The van der Waals surface area contributed by atoms with Crippen LogP contribution >= 0.6 is 11.6 Å². The number of aryl methyl sites for hydroxylation is 1. The number of hydrogen-bond acceptors (Lipinski definition) is 7. The Hall–Kier alpha value is -4.15. The Labute approximate surface area is 218 Å². The molecule has 3 aromatic rings. The van der Waals surface area contributed by atoms with Crippen LogP contribution in [0, 0.1) is 6.92 Å². The van der Waals surface area contributed by atoms with E-state index in [1.54, 1.807) is 44.2 Å². The molecule has 0 saturated carbocycles. The number of carbonyl (C=O) groups excluding carboxylic acids is 3. The van der Waals surface area contributed by atoms with Gasteiger partial charge >= 0.3 is 16.1 Å². The van der Waals surface area contributed by atoms with Crippen LogP contribution in [-0.4, -0.2) is 32.9 Å². The second kappa shape index (κ2) is 10.5. The number of anilines is 1. The summed E-state index contributed by atoms with van der Waals surface area (Å²) in [4.78, 5) is 38.9. The fraction of sp³-hybridized carbons (Fsp3) is 0.115. The predicted octanol–water partition coefficient (Wildman–Crippen LogP) is 4.48. The highest BCUT2D eigenvalue weighted by Crippen LogP contribution is 2.33. The molecule has 190 valence electrons. The molecule has 1 saturated heterocycles. The van der Waals surface area contributed by atoms with Crippen LogP contribution < -0.4 is 19.1 Å². The Morgan fingerprint density at radius 3 is 2.38 bits per heavy atom. The zero-order valence-corrected chi connectivity index (χ0v) is 21.3. The van der Waals surface area contributed by atoms with Gasteiger partial charge < -0.3 is 8.92 Å². The van der Waals surface area contributed by atoms with Crippen molar-refractivity contribution in [3.8, 4) is 11.5 Å². The summed E-state index contributed by atoms with van der Waals surface area (Å²) in [7, 11) is -4.13. The van der Waals surface area contributed by atoms with Crippen molar-refractivity contribution in [2.75, 3.05) is 11.5 Å². The lowest BCUT2D eigenvalue weighted by molar-refractivity contribution is -0.122. The van der Waals surface area contributed by atoms with Crippen molar-refractivity contribution in [2.45, 2.75) is 18.7 Å². The van der Waals surface area contributed by atoms with Crippen LogP contribution in [0.15, 0.2) is 77.2 Å². The molecule has 0 unspecified atom stereocenters.